The molecule has 0 radical (unpaired) electrons. The van der Waals surface area contributed by atoms with Gasteiger partial charge in [-0.3, -0.25) is 5.09 Å². The van der Waals surface area contributed by atoms with Gasteiger partial charge in [0.05, 0.1) is 5.51 Å². The molecule has 0 atom stereocenters. The molecule has 1 N–H and O–H groups in total. The molecule has 0 aliphatic heterocycles. The average molecular weight is 281 g/mol. The number of thiazole rings is 1. The average Bonchev–Trinajstić information content (AvgIpc) is 3.11. The zero-order valence-electron chi connectivity index (χ0n) is 10.8. The summed E-state index contributed by atoms with van der Waals surface area (Å²) in [6.45, 7) is 0.124. The second-order valence-corrected chi connectivity index (χ2v) is 4.39. The van der Waals surface area contributed by atoms with Gasteiger partial charge >= 0.3 is 5.69 Å². The van der Waals surface area contributed by atoms with Gasteiger partial charge in [0.15, 0.2) is 6.41 Å². The van der Waals surface area contributed by atoms with Crippen LogP contribution < -0.4 is 10.4 Å². The Morgan fingerprint density at radius 2 is 2.47 bits per heavy atom. The van der Waals surface area contributed by atoms with Crippen LogP contribution in [0.3, 0.4) is 0 Å². The van der Waals surface area contributed by atoms with Crippen LogP contribution in [0.4, 0.5) is 0 Å². The van der Waals surface area contributed by atoms with Crippen molar-refractivity contribution in [3.63, 3.8) is 0 Å². The van der Waals surface area contributed by atoms with Gasteiger partial charge in [-0.25, -0.2) is 9.78 Å². The number of ether oxygens (including phenoxy) is 1. The van der Waals surface area contributed by atoms with E-state index >= 15 is 0 Å². The van der Waals surface area contributed by atoms with E-state index in [0.717, 1.165) is 9.77 Å². The number of hydrogen-bond acceptors (Lipinski definition) is 7. The SMILES string of the molecule is [3H]n1ccc(OCc2ncsc2-n2nnn(C)c2=O)n1. The second-order valence-electron chi connectivity index (χ2n) is 3.56. The molecule has 9 nitrogen and oxygen atoms in total. The molecule has 0 amide bonds. The molecule has 0 unspecified atom stereocenters. The van der Waals surface area contributed by atoms with Gasteiger partial charge in [-0.1, -0.05) is 0 Å². The van der Waals surface area contributed by atoms with Crippen LogP contribution in [0, 0.1) is 0 Å². The lowest BCUT2D eigenvalue weighted by molar-refractivity contribution is 0.289. The van der Waals surface area contributed by atoms with Gasteiger partial charge in [0.1, 0.15) is 12.3 Å². The number of tetrazole rings is 1. The summed E-state index contributed by atoms with van der Waals surface area (Å²) in [6, 6.07) is 1.56. The molecule has 0 aliphatic carbocycles. The maximum absolute atomic E-state index is 11.8. The third-order valence-electron chi connectivity index (χ3n) is 2.33. The molecule has 0 saturated heterocycles. The van der Waals surface area contributed by atoms with Crippen LogP contribution in [0.5, 0.6) is 5.88 Å². The van der Waals surface area contributed by atoms with Crippen molar-refractivity contribution in [3.05, 3.63) is 34.0 Å². The molecule has 0 saturated carbocycles. The first-order valence-corrected chi connectivity index (χ1v) is 6.12. The standard InChI is InChI=1S/C9H9N7O2S/c1-15-9(17)16(14-13-15)8-6(10-5-19-8)4-18-7-2-3-11-12-7/h2-3,5H,4H2,1H3,(H,11,12)/i/hT. The van der Waals surface area contributed by atoms with Crippen molar-refractivity contribution in [1.29, 1.82) is 0 Å². The first kappa shape index (κ1) is 10.4. The van der Waals surface area contributed by atoms with Crippen LogP contribution in [0.25, 0.3) is 5.00 Å². The minimum Gasteiger partial charge on any atom is -0.470 e. The summed E-state index contributed by atoms with van der Waals surface area (Å²) in [4.78, 5) is 15.9. The lowest BCUT2D eigenvalue weighted by Crippen LogP contribution is -2.22. The largest absolute Gasteiger partial charge is 0.470 e. The van der Waals surface area contributed by atoms with Crippen molar-refractivity contribution in [1.82, 2.24) is 35.0 Å². The zero-order chi connectivity index (χ0) is 14.1. The van der Waals surface area contributed by atoms with Crippen molar-refractivity contribution in [2.24, 2.45) is 7.05 Å². The minimum absolute atomic E-state index is 0.124. The molecular weight excluding hydrogens is 270 g/mol. The number of hydrogen-bond donors (Lipinski definition) is 1. The van der Waals surface area contributed by atoms with Gasteiger partial charge in [-0.2, -0.15) is 4.68 Å². The number of nitrogens with zero attached hydrogens (tertiary/aromatic N) is 6. The molecule has 3 aromatic rings. The summed E-state index contributed by atoms with van der Waals surface area (Å²) in [5.41, 5.74) is 1.79. The third kappa shape index (κ3) is 2.12. The summed E-state index contributed by atoms with van der Waals surface area (Å²) in [5, 5.41) is 12.6. The van der Waals surface area contributed by atoms with Crippen LogP contribution in [-0.2, 0) is 13.7 Å². The molecule has 0 fully saturated rings. The highest BCUT2D eigenvalue weighted by Crippen LogP contribution is 2.17. The van der Waals surface area contributed by atoms with E-state index in [1.807, 2.05) is 0 Å². The predicted octanol–water partition coefficient (Wildman–Crippen LogP) is -0.275. The molecule has 0 aliphatic rings. The van der Waals surface area contributed by atoms with Crippen molar-refractivity contribution >= 4 is 11.3 Å². The number of aryl methyl sites for hydroxylation is 1. The van der Waals surface area contributed by atoms with E-state index in [1.165, 1.54) is 29.3 Å². The number of rotatable bonds is 4. The van der Waals surface area contributed by atoms with Gasteiger partial charge in [0, 0.05) is 19.3 Å². The van der Waals surface area contributed by atoms with E-state index in [9.17, 15) is 4.79 Å². The smallest absolute Gasteiger partial charge is 0.369 e. The molecule has 3 heterocycles. The van der Waals surface area contributed by atoms with Crippen molar-refractivity contribution in [2.75, 3.05) is 0 Å². The fourth-order valence-electron chi connectivity index (χ4n) is 1.42. The summed E-state index contributed by atoms with van der Waals surface area (Å²) in [7, 11) is 1.52. The van der Waals surface area contributed by atoms with Crippen LogP contribution in [0.2, 0.25) is 1.41 Å². The highest BCUT2D eigenvalue weighted by atomic mass is 32.1. The van der Waals surface area contributed by atoms with Gasteiger partial charge in [-0.15, -0.1) is 21.1 Å². The fraction of sp³-hybridized carbons (Fsp3) is 0.222. The van der Waals surface area contributed by atoms with E-state index < -0.39 is 0 Å². The summed E-state index contributed by atoms with van der Waals surface area (Å²) in [5.74, 6) is 0.311. The fourth-order valence-corrected chi connectivity index (χ4v) is 2.16. The molecule has 3 rings (SSSR count). The molecular formula is C9H9N7O2S. The number of nitrogens with one attached hydrogen (secondary N) is 1. The lowest BCUT2D eigenvalue weighted by Gasteiger charge is -2.01. The Balaban J connectivity index is 1.83. The molecule has 3 aromatic heterocycles. The Hall–Kier alpha value is -2.49. The summed E-state index contributed by atoms with van der Waals surface area (Å²) < 4.78 is 14.9. The number of aromatic nitrogens is 7. The van der Waals surface area contributed by atoms with Crippen LogP contribution in [0.15, 0.2) is 22.6 Å². The van der Waals surface area contributed by atoms with Gasteiger partial charge in [0.25, 0.3) is 0 Å². The number of aromatic amines is 1. The van der Waals surface area contributed by atoms with Crippen molar-refractivity contribution in [3.8, 4) is 10.9 Å². The van der Waals surface area contributed by atoms with Gasteiger partial charge in [-0.05, 0) is 10.4 Å². The topological polar surface area (TPSA) is 104 Å². The maximum atomic E-state index is 11.8. The highest BCUT2D eigenvalue weighted by Gasteiger charge is 2.14. The first-order chi connectivity index (χ1) is 9.65. The van der Waals surface area contributed by atoms with E-state index in [0.29, 0.717) is 16.6 Å². The minimum atomic E-state index is -0.356. The van der Waals surface area contributed by atoms with Crippen molar-refractivity contribution < 1.29 is 6.15 Å². The van der Waals surface area contributed by atoms with Crippen LogP contribution >= 0.6 is 11.3 Å². The normalized spacial score (nSPS) is 11.5. The van der Waals surface area contributed by atoms with E-state index in [1.54, 1.807) is 11.6 Å². The van der Waals surface area contributed by atoms with Crippen LogP contribution in [0.1, 0.15) is 5.69 Å². The molecule has 0 aromatic carbocycles. The maximum Gasteiger partial charge on any atom is 0.369 e. The quantitative estimate of drug-likeness (QED) is 0.705. The molecule has 10 heteroatoms. The number of H-pyrrole nitrogens is 1. The van der Waals surface area contributed by atoms with Crippen LogP contribution in [-0.4, -0.2) is 35.0 Å². The highest BCUT2D eigenvalue weighted by molar-refractivity contribution is 7.12. The Bertz CT molecular complexity index is 788. The summed E-state index contributed by atoms with van der Waals surface area (Å²) in [6.07, 6.45) is 1.45. The van der Waals surface area contributed by atoms with Gasteiger partial charge < -0.3 is 4.74 Å². The van der Waals surface area contributed by atoms with E-state index in [2.05, 4.69) is 20.5 Å². The van der Waals surface area contributed by atoms with Crippen molar-refractivity contribution in [2.45, 2.75) is 6.61 Å². The Morgan fingerprint density at radius 1 is 1.58 bits per heavy atom. The first-order valence-electron chi connectivity index (χ1n) is 5.69. The zero-order valence-corrected chi connectivity index (χ0v) is 10.6. The Morgan fingerprint density at radius 3 is 3.16 bits per heavy atom. The predicted molar refractivity (Wildman–Crippen MR) is 65.2 cm³/mol. The van der Waals surface area contributed by atoms with E-state index in [-0.39, 0.29) is 12.3 Å². The van der Waals surface area contributed by atoms with Gasteiger partial charge in [0.2, 0.25) is 5.88 Å². The van der Waals surface area contributed by atoms with E-state index in [4.69, 9.17) is 6.15 Å². The molecule has 0 spiro atoms. The monoisotopic (exact) mass is 281 g/mol. The Labute approximate surface area is 111 Å². The molecule has 19 heavy (non-hydrogen) atoms. The summed E-state index contributed by atoms with van der Waals surface area (Å²) >= 11 is 1.26. The Kier molecular flexibility index (Phi) is 2.55. The molecule has 98 valence electrons. The molecule has 0 bridgehead atoms. The second kappa shape index (κ2) is 4.65. The lowest BCUT2D eigenvalue weighted by atomic mass is 10.5. The third-order valence-corrected chi connectivity index (χ3v) is 3.17.